The van der Waals surface area contributed by atoms with E-state index in [9.17, 15) is 9.18 Å². The highest BCUT2D eigenvalue weighted by atomic mass is 19.1. The number of carbonyl (C=O) groups excluding carboxylic acids is 1. The molecule has 1 heterocycles. The first-order valence-corrected chi connectivity index (χ1v) is 6.34. The van der Waals surface area contributed by atoms with E-state index in [0.29, 0.717) is 11.5 Å². The van der Waals surface area contributed by atoms with Crippen LogP contribution in [-0.2, 0) is 0 Å². The molecule has 0 amide bonds. The Morgan fingerprint density at radius 3 is 2.75 bits per heavy atom. The first kappa shape index (κ1) is 12.7. The molecule has 0 aliphatic carbocycles. The Morgan fingerprint density at radius 2 is 1.95 bits per heavy atom. The van der Waals surface area contributed by atoms with E-state index in [1.165, 1.54) is 12.1 Å². The third kappa shape index (κ3) is 2.25. The SMILES string of the molecule is Cc1ccc(F)c(C(=O)C2COc3ccccc3O2)c1. The number of ether oxygens (including phenoxy) is 2. The lowest BCUT2D eigenvalue weighted by atomic mass is 10.0. The van der Waals surface area contributed by atoms with Gasteiger partial charge in [0.2, 0.25) is 5.78 Å². The van der Waals surface area contributed by atoms with Gasteiger partial charge in [0, 0.05) is 0 Å². The van der Waals surface area contributed by atoms with E-state index in [2.05, 4.69) is 0 Å². The summed E-state index contributed by atoms with van der Waals surface area (Å²) in [6.45, 7) is 1.90. The van der Waals surface area contributed by atoms with Crippen molar-refractivity contribution in [1.82, 2.24) is 0 Å². The molecule has 1 aliphatic heterocycles. The molecule has 0 N–H and O–H groups in total. The topological polar surface area (TPSA) is 35.5 Å². The van der Waals surface area contributed by atoms with Crippen LogP contribution in [0, 0.1) is 12.7 Å². The van der Waals surface area contributed by atoms with Crippen LogP contribution in [0.5, 0.6) is 11.5 Å². The van der Waals surface area contributed by atoms with Crippen LogP contribution in [-0.4, -0.2) is 18.5 Å². The highest BCUT2D eigenvalue weighted by Crippen LogP contribution is 2.31. The number of halogens is 1. The lowest BCUT2D eigenvalue weighted by Gasteiger charge is -2.25. The Hall–Kier alpha value is -2.36. The first-order chi connectivity index (χ1) is 9.65. The van der Waals surface area contributed by atoms with Crippen molar-refractivity contribution in [1.29, 1.82) is 0 Å². The molecule has 3 rings (SSSR count). The second-order valence-electron chi connectivity index (χ2n) is 4.71. The van der Waals surface area contributed by atoms with E-state index in [-0.39, 0.29) is 12.2 Å². The maximum Gasteiger partial charge on any atom is 0.209 e. The summed E-state index contributed by atoms with van der Waals surface area (Å²) in [7, 11) is 0. The van der Waals surface area contributed by atoms with Crippen molar-refractivity contribution in [3.63, 3.8) is 0 Å². The quantitative estimate of drug-likeness (QED) is 0.788. The molecule has 1 unspecified atom stereocenters. The lowest BCUT2D eigenvalue weighted by Crippen LogP contribution is -2.37. The average Bonchev–Trinajstić information content (AvgIpc) is 2.48. The molecule has 102 valence electrons. The van der Waals surface area contributed by atoms with Gasteiger partial charge in [0.25, 0.3) is 0 Å². The summed E-state index contributed by atoms with van der Waals surface area (Å²) in [6, 6.07) is 11.6. The van der Waals surface area contributed by atoms with Crippen molar-refractivity contribution in [2.75, 3.05) is 6.61 Å². The van der Waals surface area contributed by atoms with Gasteiger partial charge in [0.05, 0.1) is 5.56 Å². The zero-order valence-corrected chi connectivity index (χ0v) is 10.9. The highest BCUT2D eigenvalue weighted by molar-refractivity contribution is 6.00. The minimum atomic E-state index is -0.818. The fourth-order valence-corrected chi connectivity index (χ4v) is 2.15. The molecule has 0 radical (unpaired) electrons. The van der Waals surface area contributed by atoms with Crippen molar-refractivity contribution < 1.29 is 18.7 Å². The van der Waals surface area contributed by atoms with Crippen LogP contribution in [0.1, 0.15) is 15.9 Å². The third-order valence-electron chi connectivity index (χ3n) is 3.19. The van der Waals surface area contributed by atoms with Crippen LogP contribution in [0.15, 0.2) is 42.5 Å². The molecular formula is C16H13FO3. The monoisotopic (exact) mass is 272 g/mol. The number of rotatable bonds is 2. The molecule has 20 heavy (non-hydrogen) atoms. The number of fused-ring (bicyclic) bond motifs is 1. The lowest BCUT2D eigenvalue weighted by molar-refractivity contribution is 0.0582. The summed E-state index contributed by atoms with van der Waals surface area (Å²) in [5.74, 6) is 0.162. The molecule has 0 fully saturated rings. The Balaban J connectivity index is 1.88. The van der Waals surface area contributed by atoms with Crippen molar-refractivity contribution in [3.05, 3.63) is 59.4 Å². The van der Waals surface area contributed by atoms with Gasteiger partial charge in [-0.05, 0) is 31.2 Å². The van der Waals surface area contributed by atoms with Gasteiger partial charge in [-0.3, -0.25) is 4.79 Å². The van der Waals surface area contributed by atoms with E-state index in [0.717, 1.165) is 5.56 Å². The van der Waals surface area contributed by atoms with Crippen LogP contribution >= 0.6 is 0 Å². The van der Waals surface area contributed by atoms with Crippen molar-refractivity contribution in [2.45, 2.75) is 13.0 Å². The largest absolute Gasteiger partial charge is 0.485 e. The summed E-state index contributed by atoms with van der Waals surface area (Å²) in [5, 5.41) is 0. The van der Waals surface area contributed by atoms with Gasteiger partial charge in [-0.25, -0.2) is 4.39 Å². The van der Waals surface area contributed by atoms with E-state index >= 15 is 0 Å². The van der Waals surface area contributed by atoms with E-state index in [4.69, 9.17) is 9.47 Å². The van der Waals surface area contributed by atoms with Gasteiger partial charge in [0.1, 0.15) is 12.4 Å². The molecule has 0 saturated carbocycles. The number of Topliss-reactive ketones (excluding diaryl/α,β-unsaturated/α-hetero) is 1. The Labute approximate surface area is 115 Å². The molecule has 2 aromatic carbocycles. The normalized spacial score (nSPS) is 16.8. The summed E-state index contributed by atoms with van der Waals surface area (Å²) in [6.07, 6.45) is -0.818. The maximum atomic E-state index is 13.8. The second kappa shape index (κ2) is 4.96. The fourth-order valence-electron chi connectivity index (χ4n) is 2.15. The third-order valence-corrected chi connectivity index (χ3v) is 3.19. The molecule has 0 aromatic heterocycles. The number of benzene rings is 2. The van der Waals surface area contributed by atoms with Gasteiger partial charge in [-0.15, -0.1) is 0 Å². The van der Waals surface area contributed by atoms with Crippen LogP contribution in [0.3, 0.4) is 0 Å². The van der Waals surface area contributed by atoms with Gasteiger partial charge in [-0.2, -0.15) is 0 Å². The molecule has 0 saturated heterocycles. The summed E-state index contributed by atoms with van der Waals surface area (Å²) >= 11 is 0. The van der Waals surface area contributed by atoms with Gasteiger partial charge in [0.15, 0.2) is 17.6 Å². The molecule has 3 nitrogen and oxygen atoms in total. The molecule has 1 atom stereocenters. The molecule has 2 aromatic rings. The Kier molecular flexibility index (Phi) is 3.14. The van der Waals surface area contributed by atoms with E-state index < -0.39 is 17.7 Å². The molecular weight excluding hydrogens is 259 g/mol. The van der Waals surface area contributed by atoms with Gasteiger partial charge < -0.3 is 9.47 Å². The fraction of sp³-hybridized carbons (Fsp3) is 0.188. The standard InChI is InChI=1S/C16H13FO3/c1-10-6-7-12(17)11(8-10)16(18)15-9-19-13-4-2-3-5-14(13)20-15/h2-8,15H,9H2,1H3. The maximum absolute atomic E-state index is 13.8. The molecule has 4 heteroatoms. The zero-order valence-electron chi connectivity index (χ0n) is 10.9. The average molecular weight is 272 g/mol. The number of hydrogen-bond donors (Lipinski definition) is 0. The van der Waals surface area contributed by atoms with Crippen LogP contribution < -0.4 is 9.47 Å². The Morgan fingerprint density at radius 1 is 1.20 bits per heavy atom. The van der Waals surface area contributed by atoms with Crippen molar-refractivity contribution >= 4 is 5.78 Å². The summed E-state index contributed by atoms with van der Waals surface area (Å²) < 4.78 is 24.8. The minimum absolute atomic E-state index is 0.0398. The smallest absolute Gasteiger partial charge is 0.209 e. The molecule has 0 bridgehead atoms. The molecule has 0 spiro atoms. The predicted molar refractivity (Wildman–Crippen MR) is 71.8 cm³/mol. The van der Waals surface area contributed by atoms with E-state index in [1.54, 1.807) is 24.3 Å². The van der Waals surface area contributed by atoms with Crippen molar-refractivity contribution in [2.24, 2.45) is 0 Å². The second-order valence-corrected chi connectivity index (χ2v) is 4.71. The number of para-hydroxylation sites is 2. The van der Waals surface area contributed by atoms with Crippen molar-refractivity contribution in [3.8, 4) is 11.5 Å². The van der Waals surface area contributed by atoms with Gasteiger partial charge >= 0.3 is 0 Å². The Bertz CT molecular complexity index is 667. The van der Waals surface area contributed by atoms with Crippen LogP contribution in [0.4, 0.5) is 4.39 Å². The predicted octanol–water partition coefficient (Wildman–Crippen LogP) is 3.16. The summed E-state index contributed by atoms with van der Waals surface area (Å²) in [5.41, 5.74) is 0.866. The minimum Gasteiger partial charge on any atom is -0.485 e. The number of aryl methyl sites for hydroxylation is 1. The number of carbonyl (C=O) groups is 1. The number of ketones is 1. The number of hydrogen-bond acceptors (Lipinski definition) is 3. The summed E-state index contributed by atoms with van der Waals surface area (Å²) in [4.78, 5) is 12.3. The van der Waals surface area contributed by atoms with E-state index in [1.807, 2.05) is 13.0 Å². The molecule has 1 aliphatic rings. The van der Waals surface area contributed by atoms with Crippen LogP contribution in [0.2, 0.25) is 0 Å². The van der Waals surface area contributed by atoms with Crippen LogP contribution in [0.25, 0.3) is 0 Å². The highest BCUT2D eigenvalue weighted by Gasteiger charge is 2.29. The van der Waals surface area contributed by atoms with Gasteiger partial charge in [-0.1, -0.05) is 23.8 Å². The first-order valence-electron chi connectivity index (χ1n) is 6.34. The zero-order chi connectivity index (χ0) is 14.1.